The Balaban J connectivity index is 1.68. The highest BCUT2D eigenvalue weighted by molar-refractivity contribution is 7.99. The van der Waals surface area contributed by atoms with Crippen LogP contribution in [0.15, 0.2) is 43.8 Å². The lowest BCUT2D eigenvalue weighted by molar-refractivity contribution is 0.102. The van der Waals surface area contributed by atoms with Crippen molar-refractivity contribution in [1.82, 2.24) is 19.1 Å². The number of benzene rings is 1. The zero-order valence-electron chi connectivity index (χ0n) is 16.4. The minimum atomic E-state index is -0.794. The van der Waals surface area contributed by atoms with Crippen LogP contribution in [0, 0.1) is 0 Å². The van der Waals surface area contributed by atoms with Gasteiger partial charge in [0.25, 0.3) is 11.1 Å². The molecule has 0 bridgehead atoms. The number of aromatic nitrogens is 4. The highest BCUT2D eigenvalue weighted by Crippen LogP contribution is 2.35. The summed E-state index contributed by atoms with van der Waals surface area (Å²) in [6, 6.07) is 6.96. The van der Waals surface area contributed by atoms with Gasteiger partial charge in [-0.15, -0.1) is 0 Å². The molecule has 2 heterocycles. The van der Waals surface area contributed by atoms with Crippen LogP contribution in [0.1, 0.15) is 42.6 Å². The smallest absolute Gasteiger partial charge is 0.330 e. The molecule has 0 spiro atoms. The van der Waals surface area contributed by atoms with Crippen LogP contribution >= 0.6 is 11.8 Å². The number of nitrogens with one attached hydrogen (secondary N) is 1. The lowest BCUT2D eigenvalue weighted by Gasteiger charge is -2.13. The van der Waals surface area contributed by atoms with Crippen molar-refractivity contribution in [3.8, 4) is 0 Å². The van der Waals surface area contributed by atoms with E-state index in [9.17, 15) is 19.2 Å². The van der Waals surface area contributed by atoms with Crippen molar-refractivity contribution in [2.75, 3.05) is 11.5 Å². The Morgan fingerprint density at radius 3 is 2.70 bits per heavy atom. The maximum absolute atomic E-state index is 12.8. The molecule has 4 rings (SSSR count). The first-order chi connectivity index (χ1) is 14.4. The van der Waals surface area contributed by atoms with E-state index >= 15 is 0 Å². The van der Waals surface area contributed by atoms with E-state index in [1.54, 1.807) is 28.8 Å². The Morgan fingerprint density at radius 1 is 1.27 bits per heavy atom. The molecule has 0 radical (unpaired) electrons. The van der Waals surface area contributed by atoms with E-state index in [0.29, 0.717) is 22.6 Å². The molecule has 1 aliphatic rings. The monoisotopic (exact) mass is 427 g/mol. The van der Waals surface area contributed by atoms with Crippen LogP contribution in [0.25, 0.3) is 10.9 Å². The number of carbonyl (C=O) groups is 1. The molecule has 10 heteroatoms. The number of hydrogen-bond donors (Lipinski definition) is 2. The van der Waals surface area contributed by atoms with Gasteiger partial charge in [-0.25, -0.2) is 9.78 Å². The van der Waals surface area contributed by atoms with Crippen molar-refractivity contribution in [1.29, 1.82) is 0 Å². The molecule has 1 saturated carbocycles. The number of nitrogens with zero attached hydrogens (tertiary/aromatic N) is 3. The molecule has 0 atom stereocenters. The van der Waals surface area contributed by atoms with Crippen molar-refractivity contribution in [3.63, 3.8) is 0 Å². The normalized spacial score (nSPS) is 13.6. The van der Waals surface area contributed by atoms with Gasteiger partial charge >= 0.3 is 5.69 Å². The van der Waals surface area contributed by atoms with Gasteiger partial charge in [-0.05, 0) is 31.4 Å². The summed E-state index contributed by atoms with van der Waals surface area (Å²) in [5.74, 6) is -0.752. The molecule has 1 aliphatic carbocycles. The van der Waals surface area contributed by atoms with Gasteiger partial charge < -0.3 is 5.73 Å². The minimum Gasteiger partial charge on any atom is -0.384 e. The van der Waals surface area contributed by atoms with E-state index in [2.05, 4.69) is 9.97 Å². The van der Waals surface area contributed by atoms with Crippen LogP contribution in [-0.4, -0.2) is 30.6 Å². The summed E-state index contributed by atoms with van der Waals surface area (Å²) in [7, 11) is 0. The third-order valence-corrected chi connectivity index (χ3v) is 5.96. The molecule has 156 valence electrons. The lowest BCUT2D eigenvalue weighted by Crippen LogP contribution is -2.36. The van der Waals surface area contributed by atoms with Gasteiger partial charge in [0, 0.05) is 12.6 Å². The number of carbonyl (C=O) groups excluding carboxylic acids is 1. The average molecular weight is 427 g/mol. The van der Waals surface area contributed by atoms with E-state index in [4.69, 9.17) is 5.73 Å². The molecule has 3 N–H and O–H groups in total. The number of nitrogens with two attached hydrogens (primary N) is 1. The molecule has 9 nitrogen and oxygen atoms in total. The zero-order chi connectivity index (χ0) is 21.4. The van der Waals surface area contributed by atoms with Crippen LogP contribution in [0.2, 0.25) is 0 Å². The van der Waals surface area contributed by atoms with Gasteiger partial charge in [-0.3, -0.25) is 28.5 Å². The van der Waals surface area contributed by atoms with Crippen molar-refractivity contribution in [2.24, 2.45) is 0 Å². The fourth-order valence-corrected chi connectivity index (χ4v) is 4.31. The topological polar surface area (TPSA) is 133 Å². The highest BCUT2D eigenvalue weighted by Gasteiger charge is 2.30. The van der Waals surface area contributed by atoms with Gasteiger partial charge in [0.2, 0.25) is 0 Å². The van der Waals surface area contributed by atoms with E-state index < -0.39 is 17.0 Å². The Hall–Kier alpha value is -3.14. The molecule has 0 saturated heterocycles. The molecule has 0 aliphatic heterocycles. The number of aromatic amines is 1. The Morgan fingerprint density at radius 2 is 2.00 bits per heavy atom. The molecule has 2 aromatic heterocycles. The number of anilines is 1. The predicted octanol–water partition coefficient (Wildman–Crippen LogP) is 1.55. The SMILES string of the molecule is CCCn1c(SCC(=O)c2c(N)n(C3CC3)c(=O)[nH]c2=O)nc2ccccc2c1=O. The fourth-order valence-electron chi connectivity index (χ4n) is 3.41. The van der Waals surface area contributed by atoms with Gasteiger partial charge in [-0.1, -0.05) is 30.8 Å². The highest BCUT2D eigenvalue weighted by atomic mass is 32.2. The summed E-state index contributed by atoms with van der Waals surface area (Å²) in [6.07, 6.45) is 2.28. The first-order valence-corrected chi connectivity index (χ1v) is 10.7. The number of Topliss-reactive ketones (excluding diaryl/α,β-unsaturated/α-hetero) is 1. The molecular weight excluding hydrogens is 406 g/mol. The molecule has 0 unspecified atom stereocenters. The minimum absolute atomic E-state index is 0.0783. The van der Waals surface area contributed by atoms with Gasteiger partial charge in [0.1, 0.15) is 11.4 Å². The maximum atomic E-state index is 12.8. The van der Waals surface area contributed by atoms with Crippen LogP contribution in [0.5, 0.6) is 0 Å². The number of nitrogen functional groups attached to an aromatic ring is 1. The molecule has 1 aromatic carbocycles. The summed E-state index contributed by atoms with van der Waals surface area (Å²) >= 11 is 1.08. The largest absolute Gasteiger partial charge is 0.384 e. The Bertz CT molecular complexity index is 1320. The summed E-state index contributed by atoms with van der Waals surface area (Å²) in [4.78, 5) is 56.7. The second-order valence-electron chi connectivity index (χ2n) is 7.20. The van der Waals surface area contributed by atoms with Crippen molar-refractivity contribution in [3.05, 3.63) is 61.0 Å². The van der Waals surface area contributed by atoms with Crippen LogP contribution in [0.3, 0.4) is 0 Å². The van der Waals surface area contributed by atoms with Crippen molar-refractivity contribution >= 4 is 34.3 Å². The molecule has 3 aromatic rings. The van der Waals surface area contributed by atoms with Crippen LogP contribution in [-0.2, 0) is 6.54 Å². The number of ketones is 1. The maximum Gasteiger partial charge on any atom is 0.330 e. The number of hydrogen-bond acceptors (Lipinski definition) is 7. The Kier molecular flexibility index (Phi) is 5.33. The summed E-state index contributed by atoms with van der Waals surface area (Å²) < 4.78 is 2.82. The summed E-state index contributed by atoms with van der Waals surface area (Å²) in [5, 5.41) is 0.915. The van der Waals surface area contributed by atoms with Crippen molar-refractivity contribution < 1.29 is 4.79 Å². The van der Waals surface area contributed by atoms with Gasteiger partial charge in [-0.2, -0.15) is 0 Å². The van der Waals surface area contributed by atoms with Gasteiger partial charge in [0.15, 0.2) is 10.9 Å². The van der Waals surface area contributed by atoms with Gasteiger partial charge in [0.05, 0.1) is 16.7 Å². The summed E-state index contributed by atoms with van der Waals surface area (Å²) in [5.41, 5.74) is 4.77. The third-order valence-electron chi connectivity index (χ3n) is 4.98. The van der Waals surface area contributed by atoms with Crippen LogP contribution in [0.4, 0.5) is 5.82 Å². The molecule has 0 amide bonds. The first-order valence-electron chi connectivity index (χ1n) is 9.72. The van der Waals surface area contributed by atoms with E-state index in [-0.39, 0.29) is 28.7 Å². The summed E-state index contributed by atoms with van der Waals surface area (Å²) in [6.45, 7) is 2.41. The fraction of sp³-hybridized carbons (Fsp3) is 0.350. The molecule has 1 fully saturated rings. The average Bonchev–Trinajstić information content (AvgIpc) is 3.53. The number of rotatable bonds is 7. The Labute approximate surface area is 174 Å². The number of thioether (sulfide) groups is 1. The molecule has 30 heavy (non-hydrogen) atoms. The van der Waals surface area contributed by atoms with Crippen LogP contribution < -0.4 is 22.5 Å². The number of H-pyrrole nitrogens is 1. The van der Waals surface area contributed by atoms with E-state index in [1.165, 1.54) is 4.57 Å². The lowest BCUT2D eigenvalue weighted by atomic mass is 10.2. The molecular formula is C20H21N5O4S. The second kappa shape index (κ2) is 7.94. The van der Waals surface area contributed by atoms with E-state index in [0.717, 1.165) is 31.0 Å². The quantitative estimate of drug-likeness (QED) is 0.332. The van der Waals surface area contributed by atoms with E-state index in [1.807, 2.05) is 6.92 Å². The standard InChI is InChI=1S/C20H21N5O4S/c1-2-9-24-18(28)12-5-3-4-6-13(12)22-20(24)30-10-14(26)15-16(21)25(11-7-8-11)19(29)23-17(15)27/h3-6,11H,2,7-10,21H2,1H3,(H,23,27,29). The van der Waals surface area contributed by atoms with Crippen molar-refractivity contribution in [2.45, 2.75) is 43.9 Å². The third kappa shape index (κ3) is 3.58. The zero-order valence-corrected chi connectivity index (χ0v) is 17.2. The second-order valence-corrected chi connectivity index (χ2v) is 8.14. The first kappa shape index (κ1) is 20.1. The number of para-hydroxylation sites is 1. The number of fused-ring (bicyclic) bond motifs is 1. The predicted molar refractivity (Wildman–Crippen MR) is 115 cm³/mol.